The molecule has 1 rings (SSSR count). The molecule has 1 aromatic rings. The van der Waals surface area contributed by atoms with E-state index in [1.54, 1.807) is 0 Å². The summed E-state index contributed by atoms with van der Waals surface area (Å²) < 4.78 is 0. The Morgan fingerprint density at radius 3 is 1.89 bits per heavy atom. The predicted molar refractivity (Wildman–Crippen MR) is 72.4 cm³/mol. The molecule has 0 aliphatic rings. The Morgan fingerprint density at radius 2 is 1.44 bits per heavy atom. The molecule has 0 bridgehead atoms. The molecule has 0 aliphatic carbocycles. The van der Waals surface area contributed by atoms with Crippen LogP contribution in [-0.2, 0) is 9.59 Å². The van der Waals surface area contributed by atoms with Crippen LogP contribution in [0, 0.1) is 13.8 Å². The second-order valence-electron chi connectivity index (χ2n) is 5.53. The number of benzene rings is 1. The number of amides is 2. The molecule has 0 saturated heterocycles. The summed E-state index contributed by atoms with van der Waals surface area (Å²) in [5.74, 6) is -1.27. The van der Waals surface area contributed by atoms with Crippen molar-refractivity contribution in [1.82, 2.24) is 5.32 Å². The molecule has 0 spiro atoms. The molecule has 2 N–H and O–H groups in total. The zero-order chi connectivity index (χ0) is 13.9. The molecule has 0 heterocycles. The number of carbonyl (C=O) groups excluding carboxylic acids is 2. The molecule has 0 aliphatic heterocycles. The molecule has 4 nitrogen and oxygen atoms in total. The topological polar surface area (TPSA) is 58.2 Å². The van der Waals surface area contributed by atoms with E-state index in [0.29, 0.717) is 5.69 Å². The van der Waals surface area contributed by atoms with Crippen molar-refractivity contribution in [2.75, 3.05) is 5.32 Å². The van der Waals surface area contributed by atoms with Gasteiger partial charge in [0.15, 0.2) is 0 Å². The second kappa shape index (κ2) is 5.21. The lowest BCUT2D eigenvalue weighted by Crippen LogP contribution is -2.46. The summed E-state index contributed by atoms with van der Waals surface area (Å²) in [4.78, 5) is 23.3. The molecule has 1 aromatic carbocycles. The van der Waals surface area contributed by atoms with Gasteiger partial charge in [0.2, 0.25) is 0 Å². The normalized spacial score (nSPS) is 10.9. The smallest absolute Gasteiger partial charge is 0.313 e. The Hall–Kier alpha value is -1.84. The molecular weight excluding hydrogens is 228 g/mol. The van der Waals surface area contributed by atoms with Crippen molar-refractivity contribution >= 4 is 17.5 Å². The number of rotatable bonds is 1. The third-order valence-corrected chi connectivity index (χ3v) is 2.17. The maximum atomic E-state index is 11.7. The van der Waals surface area contributed by atoms with Gasteiger partial charge in [-0.05, 0) is 57.9 Å². The predicted octanol–water partition coefficient (Wildman–Crippen LogP) is 2.16. The van der Waals surface area contributed by atoms with Gasteiger partial charge in [0.1, 0.15) is 0 Å². The van der Waals surface area contributed by atoms with Gasteiger partial charge in [-0.2, -0.15) is 0 Å². The summed E-state index contributed by atoms with van der Waals surface area (Å²) in [6.07, 6.45) is 0. The summed E-state index contributed by atoms with van der Waals surface area (Å²) in [7, 11) is 0. The first-order valence-electron chi connectivity index (χ1n) is 5.89. The van der Waals surface area contributed by atoms with Crippen LogP contribution in [0.4, 0.5) is 5.69 Å². The molecular formula is C14H20N2O2. The molecule has 0 aromatic heterocycles. The molecule has 2 amide bonds. The Kier molecular flexibility index (Phi) is 4.11. The highest BCUT2D eigenvalue weighted by Crippen LogP contribution is 2.13. The number of anilines is 1. The molecule has 0 atom stereocenters. The maximum Gasteiger partial charge on any atom is 0.313 e. The Balaban J connectivity index is 2.73. The Labute approximate surface area is 108 Å². The molecule has 0 saturated carbocycles. The highest BCUT2D eigenvalue weighted by molar-refractivity contribution is 6.39. The number of hydrogen-bond donors (Lipinski definition) is 2. The minimum absolute atomic E-state index is 0.420. The first-order valence-corrected chi connectivity index (χ1v) is 5.89. The van der Waals surface area contributed by atoms with Crippen molar-refractivity contribution < 1.29 is 9.59 Å². The van der Waals surface area contributed by atoms with Crippen LogP contribution in [-0.4, -0.2) is 17.4 Å². The first-order chi connectivity index (χ1) is 8.17. The van der Waals surface area contributed by atoms with Gasteiger partial charge in [-0.25, -0.2) is 0 Å². The third kappa shape index (κ3) is 4.57. The van der Waals surface area contributed by atoms with Crippen molar-refractivity contribution in [1.29, 1.82) is 0 Å². The van der Waals surface area contributed by atoms with Crippen LogP contribution in [0.15, 0.2) is 18.2 Å². The van der Waals surface area contributed by atoms with Crippen molar-refractivity contribution in [2.24, 2.45) is 0 Å². The van der Waals surface area contributed by atoms with Crippen LogP contribution in [0.1, 0.15) is 31.9 Å². The molecule has 4 heteroatoms. The number of nitrogens with one attached hydrogen (secondary N) is 2. The van der Waals surface area contributed by atoms with E-state index in [4.69, 9.17) is 0 Å². The summed E-state index contributed by atoms with van der Waals surface area (Å²) >= 11 is 0. The molecule has 0 radical (unpaired) electrons. The fraction of sp³-hybridized carbons (Fsp3) is 0.429. The van der Waals surface area contributed by atoms with E-state index in [0.717, 1.165) is 11.1 Å². The van der Waals surface area contributed by atoms with Crippen LogP contribution >= 0.6 is 0 Å². The minimum atomic E-state index is -0.644. The highest BCUT2D eigenvalue weighted by atomic mass is 16.2. The van der Waals surface area contributed by atoms with Crippen LogP contribution in [0.3, 0.4) is 0 Å². The number of carbonyl (C=O) groups is 2. The van der Waals surface area contributed by atoms with Gasteiger partial charge in [-0.15, -0.1) is 0 Å². The summed E-state index contributed by atoms with van der Waals surface area (Å²) in [6, 6.07) is 5.66. The number of aryl methyl sites for hydroxylation is 2. The van der Waals surface area contributed by atoms with Crippen LogP contribution in [0.5, 0.6) is 0 Å². The van der Waals surface area contributed by atoms with E-state index >= 15 is 0 Å². The fourth-order valence-corrected chi connectivity index (χ4v) is 1.63. The van der Waals surface area contributed by atoms with Gasteiger partial charge in [-0.3, -0.25) is 9.59 Å². The van der Waals surface area contributed by atoms with Gasteiger partial charge in [0.25, 0.3) is 0 Å². The van der Waals surface area contributed by atoms with Gasteiger partial charge < -0.3 is 10.6 Å². The average Bonchev–Trinajstić information content (AvgIpc) is 2.12. The highest BCUT2D eigenvalue weighted by Gasteiger charge is 2.20. The summed E-state index contributed by atoms with van der Waals surface area (Å²) in [6.45, 7) is 9.37. The summed E-state index contributed by atoms with van der Waals surface area (Å²) in [5, 5.41) is 5.21. The van der Waals surface area contributed by atoms with Gasteiger partial charge in [0.05, 0.1) is 0 Å². The zero-order valence-electron chi connectivity index (χ0n) is 11.5. The number of hydrogen-bond acceptors (Lipinski definition) is 2. The SMILES string of the molecule is Cc1cc(C)cc(NC(=O)C(=O)NC(C)(C)C)c1. The largest absolute Gasteiger partial charge is 0.343 e. The van der Waals surface area contributed by atoms with Crippen molar-refractivity contribution in [3.63, 3.8) is 0 Å². The lowest BCUT2D eigenvalue weighted by molar-refractivity contribution is -0.137. The van der Waals surface area contributed by atoms with E-state index in [9.17, 15) is 9.59 Å². The molecule has 0 unspecified atom stereocenters. The monoisotopic (exact) mass is 248 g/mol. The van der Waals surface area contributed by atoms with Gasteiger partial charge in [0, 0.05) is 11.2 Å². The summed E-state index contributed by atoms with van der Waals surface area (Å²) in [5.41, 5.74) is 2.31. The standard InChI is InChI=1S/C14H20N2O2/c1-9-6-10(2)8-11(7-9)15-12(17)13(18)16-14(3,4)5/h6-8H,1-5H3,(H,15,17)(H,16,18). The van der Waals surface area contributed by atoms with Crippen molar-refractivity contribution in [3.8, 4) is 0 Å². The van der Waals surface area contributed by atoms with E-state index < -0.39 is 17.4 Å². The zero-order valence-corrected chi connectivity index (χ0v) is 11.5. The fourth-order valence-electron chi connectivity index (χ4n) is 1.63. The first kappa shape index (κ1) is 14.2. The van der Waals surface area contributed by atoms with E-state index in [2.05, 4.69) is 10.6 Å². The molecule has 98 valence electrons. The van der Waals surface area contributed by atoms with E-state index in [-0.39, 0.29) is 0 Å². The second-order valence-corrected chi connectivity index (χ2v) is 5.53. The average molecular weight is 248 g/mol. The molecule has 18 heavy (non-hydrogen) atoms. The van der Waals surface area contributed by atoms with Crippen LogP contribution in [0.25, 0.3) is 0 Å². The Morgan fingerprint density at radius 1 is 0.944 bits per heavy atom. The van der Waals surface area contributed by atoms with Gasteiger partial charge in [-0.1, -0.05) is 6.07 Å². The van der Waals surface area contributed by atoms with Gasteiger partial charge >= 0.3 is 11.8 Å². The van der Waals surface area contributed by atoms with Crippen LogP contribution < -0.4 is 10.6 Å². The maximum absolute atomic E-state index is 11.7. The third-order valence-electron chi connectivity index (χ3n) is 2.17. The van der Waals surface area contributed by atoms with Crippen molar-refractivity contribution in [2.45, 2.75) is 40.2 Å². The molecule has 0 fully saturated rings. The van der Waals surface area contributed by atoms with Crippen molar-refractivity contribution in [3.05, 3.63) is 29.3 Å². The van der Waals surface area contributed by atoms with E-state index in [1.165, 1.54) is 0 Å². The quantitative estimate of drug-likeness (QED) is 0.748. The Bertz CT molecular complexity index is 453. The van der Waals surface area contributed by atoms with E-state index in [1.807, 2.05) is 52.8 Å². The lowest BCUT2D eigenvalue weighted by atomic mass is 10.1. The lowest BCUT2D eigenvalue weighted by Gasteiger charge is -2.20. The minimum Gasteiger partial charge on any atom is -0.343 e. The van der Waals surface area contributed by atoms with Crippen LogP contribution in [0.2, 0.25) is 0 Å².